The maximum Gasteiger partial charge on any atom is 0.251 e. The average molecular weight is 429 g/mol. The predicted octanol–water partition coefficient (Wildman–Crippen LogP) is 5.23. The molecule has 3 rings (SSSR count). The van der Waals surface area contributed by atoms with Crippen LogP contribution < -0.4 is 15.4 Å². The third-order valence-electron chi connectivity index (χ3n) is 5.89. The lowest BCUT2D eigenvalue weighted by molar-refractivity contribution is 0.0928. The van der Waals surface area contributed by atoms with Gasteiger partial charge in [-0.25, -0.2) is 0 Å². The Morgan fingerprint density at radius 3 is 2.63 bits per heavy atom. The number of likely N-dealkylation sites (N-methyl/N-ethyl adjacent to an activating group) is 1. The Balaban J connectivity index is 1.72. The fourth-order valence-electron chi connectivity index (χ4n) is 4.43. The van der Waals surface area contributed by atoms with E-state index in [-0.39, 0.29) is 11.9 Å². The molecule has 0 heterocycles. The molecule has 0 radical (unpaired) electrons. The van der Waals surface area contributed by atoms with Crippen LogP contribution in [0, 0.1) is 5.92 Å². The first-order valence-corrected chi connectivity index (χ1v) is 11.3. The van der Waals surface area contributed by atoms with Crippen molar-refractivity contribution >= 4 is 17.5 Å². The summed E-state index contributed by atoms with van der Waals surface area (Å²) in [5.74, 6) is 1.36. The summed E-state index contributed by atoms with van der Waals surface area (Å²) in [4.78, 5) is 13.1. The molecule has 0 unspecified atom stereocenters. The molecule has 1 aliphatic rings. The van der Waals surface area contributed by atoms with Crippen molar-refractivity contribution in [2.24, 2.45) is 5.92 Å². The topological polar surface area (TPSA) is 50.4 Å². The van der Waals surface area contributed by atoms with Crippen LogP contribution in [0.5, 0.6) is 5.75 Å². The summed E-state index contributed by atoms with van der Waals surface area (Å²) in [6, 6.07) is 13.7. The van der Waals surface area contributed by atoms with Crippen molar-refractivity contribution in [2.75, 3.05) is 20.7 Å². The molecule has 2 aromatic rings. The van der Waals surface area contributed by atoms with Crippen LogP contribution in [0.25, 0.3) is 0 Å². The minimum atomic E-state index is -0.0442. The van der Waals surface area contributed by atoms with Crippen molar-refractivity contribution in [1.29, 1.82) is 0 Å². The number of hydrogen-bond donors (Lipinski definition) is 2. The summed E-state index contributed by atoms with van der Waals surface area (Å²) in [5, 5.41) is 7.20. The van der Waals surface area contributed by atoms with Crippen LogP contribution in [0.15, 0.2) is 42.5 Å². The molecule has 1 aliphatic carbocycles. The summed E-state index contributed by atoms with van der Waals surface area (Å²) < 4.78 is 5.46. The molecule has 0 saturated heterocycles. The van der Waals surface area contributed by atoms with Crippen molar-refractivity contribution in [3.63, 3.8) is 0 Å². The van der Waals surface area contributed by atoms with E-state index < -0.39 is 0 Å². The zero-order valence-corrected chi connectivity index (χ0v) is 18.8. The lowest BCUT2D eigenvalue weighted by atomic mass is 9.84. The predicted molar refractivity (Wildman–Crippen MR) is 124 cm³/mol. The summed E-state index contributed by atoms with van der Waals surface area (Å²) in [7, 11) is 3.57. The summed E-state index contributed by atoms with van der Waals surface area (Å²) in [6.45, 7) is 0.779. The molecule has 2 aromatic carbocycles. The largest absolute Gasteiger partial charge is 0.497 e. The fraction of sp³-hybridized carbons (Fsp3) is 0.480. The molecule has 5 heteroatoms. The zero-order chi connectivity index (χ0) is 21.3. The Labute approximate surface area is 185 Å². The summed E-state index contributed by atoms with van der Waals surface area (Å²) in [6.07, 6.45) is 8.25. The molecule has 0 spiro atoms. The van der Waals surface area contributed by atoms with Crippen molar-refractivity contribution in [3.8, 4) is 5.75 Å². The molecule has 0 aromatic heterocycles. The van der Waals surface area contributed by atoms with E-state index in [0.717, 1.165) is 24.1 Å². The number of ether oxygens (including phenoxy) is 1. The van der Waals surface area contributed by atoms with Gasteiger partial charge >= 0.3 is 0 Å². The van der Waals surface area contributed by atoms with E-state index in [1.807, 2.05) is 49.5 Å². The van der Waals surface area contributed by atoms with E-state index in [1.165, 1.54) is 32.1 Å². The maximum absolute atomic E-state index is 13.1. The minimum Gasteiger partial charge on any atom is -0.497 e. The average Bonchev–Trinajstić information content (AvgIpc) is 2.74. The molecule has 162 valence electrons. The quantitative estimate of drug-likeness (QED) is 0.575. The first-order valence-electron chi connectivity index (χ1n) is 10.9. The lowest BCUT2D eigenvalue weighted by Gasteiger charge is -2.27. The van der Waals surface area contributed by atoms with E-state index in [9.17, 15) is 4.79 Å². The van der Waals surface area contributed by atoms with Crippen LogP contribution in [0.2, 0.25) is 5.02 Å². The number of carbonyl (C=O) groups excluding carboxylic acids is 1. The highest BCUT2D eigenvalue weighted by atomic mass is 35.5. The van der Waals surface area contributed by atoms with Gasteiger partial charge in [0, 0.05) is 23.2 Å². The van der Waals surface area contributed by atoms with E-state index in [2.05, 4.69) is 10.6 Å². The van der Waals surface area contributed by atoms with Crippen molar-refractivity contribution in [3.05, 3.63) is 64.2 Å². The Bertz CT molecular complexity index is 834. The van der Waals surface area contributed by atoms with Crippen molar-refractivity contribution in [1.82, 2.24) is 10.6 Å². The molecule has 4 nitrogen and oxygen atoms in total. The smallest absolute Gasteiger partial charge is 0.251 e. The van der Waals surface area contributed by atoms with Crippen LogP contribution in [0.1, 0.15) is 60.0 Å². The van der Waals surface area contributed by atoms with Gasteiger partial charge in [0.2, 0.25) is 0 Å². The number of rotatable bonds is 9. The lowest BCUT2D eigenvalue weighted by Crippen LogP contribution is -2.42. The molecule has 1 atom stereocenters. The number of benzene rings is 2. The number of amides is 1. The normalized spacial score (nSPS) is 15.6. The molecule has 30 heavy (non-hydrogen) atoms. The zero-order valence-electron chi connectivity index (χ0n) is 18.0. The van der Waals surface area contributed by atoms with Crippen LogP contribution in [-0.2, 0) is 6.42 Å². The highest BCUT2D eigenvalue weighted by Crippen LogP contribution is 2.27. The molecule has 1 saturated carbocycles. The molecule has 2 N–H and O–H groups in total. The van der Waals surface area contributed by atoms with Gasteiger partial charge in [-0.05, 0) is 67.3 Å². The first kappa shape index (κ1) is 22.6. The van der Waals surface area contributed by atoms with Crippen LogP contribution >= 0.6 is 11.6 Å². The number of halogens is 1. The summed E-state index contributed by atoms with van der Waals surface area (Å²) >= 11 is 6.12. The number of methoxy groups -OCH3 is 1. The highest BCUT2D eigenvalue weighted by molar-refractivity contribution is 6.30. The van der Waals surface area contributed by atoms with Gasteiger partial charge in [0.05, 0.1) is 7.11 Å². The third-order valence-corrected chi connectivity index (χ3v) is 6.12. The molecular formula is C25H33ClN2O2. The van der Waals surface area contributed by atoms with Gasteiger partial charge < -0.3 is 15.4 Å². The second kappa shape index (κ2) is 11.4. The monoisotopic (exact) mass is 428 g/mol. The number of hydrogen-bond acceptors (Lipinski definition) is 3. The van der Waals surface area contributed by atoms with Crippen molar-refractivity contribution in [2.45, 2.75) is 51.0 Å². The maximum atomic E-state index is 13.1. The van der Waals surface area contributed by atoms with E-state index in [4.69, 9.17) is 16.3 Å². The minimum absolute atomic E-state index is 0.0442. The van der Waals surface area contributed by atoms with Gasteiger partial charge in [0.1, 0.15) is 5.75 Å². The number of nitrogens with one attached hydrogen (secondary N) is 2. The van der Waals surface area contributed by atoms with Gasteiger partial charge in [-0.1, -0.05) is 55.8 Å². The standard InChI is InChI=1S/C25H33ClN2O2/c1-27-17-23(14-18-7-4-3-5-8-18)28-25(29)21-12-20(15-24(16-21)30-2)11-19-9-6-10-22(26)13-19/h6,9-10,12-13,15-16,18,23,27H,3-5,7-8,11,14,17H2,1-2H3,(H,28,29)/t23-/m0/s1. The molecule has 1 amide bonds. The van der Waals surface area contributed by atoms with E-state index in [1.54, 1.807) is 7.11 Å². The van der Waals surface area contributed by atoms with E-state index >= 15 is 0 Å². The second-order valence-corrected chi connectivity index (χ2v) is 8.78. The van der Waals surface area contributed by atoms with Gasteiger partial charge in [0.15, 0.2) is 0 Å². The molecule has 0 aliphatic heterocycles. The highest BCUT2D eigenvalue weighted by Gasteiger charge is 2.21. The molecule has 1 fully saturated rings. The van der Waals surface area contributed by atoms with Crippen LogP contribution in [0.3, 0.4) is 0 Å². The molecular weight excluding hydrogens is 396 g/mol. The SMILES string of the molecule is CNC[C@H](CC1CCCCC1)NC(=O)c1cc(Cc2cccc(Cl)c2)cc(OC)c1. The number of carbonyl (C=O) groups is 1. The van der Waals surface area contributed by atoms with Crippen LogP contribution in [-0.4, -0.2) is 32.7 Å². The van der Waals surface area contributed by atoms with E-state index in [0.29, 0.717) is 28.7 Å². The fourth-order valence-corrected chi connectivity index (χ4v) is 4.64. The van der Waals surface area contributed by atoms with Crippen LogP contribution in [0.4, 0.5) is 0 Å². The van der Waals surface area contributed by atoms with Crippen molar-refractivity contribution < 1.29 is 9.53 Å². The Morgan fingerprint density at radius 2 is 1.93 bits per heavy atom. The van der Waals surface area contributed by atoms with Gasteiger partial charge in [-0.3, -0.25) is 4.79 Å². The van der Waals surface area contributed by atoms with Gasteiger partial charge in [0.25, 0.3) is 5.91 Å². The Hall–Kier alpha value is -2.04. The van der Waals surface area contributed by atoms with Gasteiger partial charge in [-0.15, -0.1) is 0 Å². The second-order valence-electron chi connectivity index (χ2n) is 8.34. The Morgan fingerprint density at radius 1 is 1.13 bits per heavy atom. The first-order chi connectivity index (χ1) is 14.6. The third kappa shape index (κ3) is 6.75. The molecule has 0 bridgehead atoms. The van der Waals surface area contributed by atoms with Gasteiger partial charge in [-0.2, -0.15) is 0 Å². The summed E-state index contributed by atoms with van der Waals surface area (Å²) in [5.41, 5.74) is 2.77. The Kier molecular flexibility index (Phi) is 8.59.